The van der Waals surface area contributed by atoms with E-state index in [0.717, 1.165) is 4.88 Å². The summed E-state index contributed by atoms with van der Waals surface area (Å²) in [6.45, 7) is 1.55. The predicted molar refractivity (Wildman–Crippen MR) is 98.8 cm³/mol. The summed E-state index contributed by atoms with van der Waals surface area (Å²) in [4.78, 5) is 29.5. The molecule has 140 valence electrons. The van der Waals surface area contributed by atoms with Gasteiger partial charge in [-0.1, -0.05) is 11.2 Å². The first-order valence-corrected chi connectivity index (χ1v) is 9.19. The van der Waals surface area contributed by atoms with E-state index >= 15 is 0 Å². The monoisotopic (exact) mass is 386 g/mol. The number of thiophene rings is 1. The number of nitrogens with zero attached hydrogens (tertiary/aromatic N) is 2. The maximum absolute atomic E-state index is 12.3. The molecule has 2 heterocycles. The van der Waals surface area contributed by atoms with Crippen molar-refractivity contribution >= 4 is 23.1 Å². The number of ketones is 1. The van der Waals surface area contributed by atoms with Gasteiger partial charge in [-0.25, -0.2) is 0 Å². The van der Waals surface area contributed by atoms with Gasteiger partial charge in [-0.15, -0.1) is 11.3 Å². The Balaban J connectivity index is 1.50. The van der Waals surface area contributed by atoms with Crippen LogP contribution in [0.3, 0.4) is 0 Å². The fraction of sp³-hybridized carbons (Fsp3) is 0.263. The number of ether oxygens (including phenoxy) is 2. The molecule has 1 atom stereocenters. The summed E-state index contributed by atoms with van der Waals surface area (Å²) < 4.78 is 15.4. The molecule has 27 heavy (non-hydrogen) atoms. The molecule has 0 N–H and O–H groups in total. The molecular formula is C19H18N2O5S. The maximum atomic E-state index is 12.3. The third-order valence-corrected chi connectivity index (χ3v) is 4.67. The van der Waals surface area contributed by atoms with Crippen molar-refractivity contribution in [2.45, 2.75) is 25.9 Å². The standard InChI is InChI=1S/C19H18N2O5S/c1-12(18(23)13-5-7-14(24-2)8-6-13)25-17(22)10-9-16-20-19(21-26-16)15-4-3-11-27-15/h3-8,11-12H,9-10H2,1-2H3/t12-/m0/s1. The minimum atomic E-state index is -0.879. The molecule has 0 aliphatic heterocycles. The molecule has 0 aliphatic rings. The van der Waals surface area contributed by atoms with Gasteiger partial charge in [0.05, 0.1) is 18.4 Å². The fourth-order valence-electron chi connectivity index (χ4n) is 2.37. The van der Waals surface area contributed by atoms with Gasteiger partial charge in [0.15, 0.2) is 6.10 Å². The van der Waals surface area contributed by atoms with E-state index in [2.05, 4.69) is 10.1 Å². The quantitative estimate of drug-likeness (QED) is 0.432. The van der Waals surface area contributed by atoms with Crippen LogP contribution in [0, 0.1) is 0 Å². The van der Waals surface area contributed by atoms with Crippen molar-refractivity contribution in [2.75, 3.05) is 7.11 Å². The van der Waals surface area contributed by atoms with Crippen molar-refractivity contribution in [3.8, 4) is 16.5 Å². The Hall–Kier alpha value is -3.00. The number of Topliss-reactive ketones (excluding diaryl/α,β-unsaturated/α-hetero) is 1. The van der Waals surface area contributed by atoms with Crippen molar-refractivity contribution in [1.82, 2.24) is 10.1 Å². The molecule has 0 saturated heterocycles. The lowest BCUT2D eigenvalue weighted by Gasteiger charge is -2.12. The number of rotatable bonds is 8. The average Bonchev–Trinajstić information content (AvgIpc) is 3.37. The zero-order valence-electron chi connectivity index (χ0n) is 14.9. The first kappa shape index (κ1) is 18.8. The Bertz CT molecular complexity index is 903. The first-order valence-electron chi connectivity index (χ1n) is 8.31. The van der Waals surface area contributed by atoms with E-state index in [-0.39, 0.29) is 18.6 Å². The highest BCUT2D eigenvalue weighted by atomic mass is 32.1. The van der Waals surface area contributed by atoms with Crippen molar-refractivity contribution in [3.63, 3.8) is 0 Å². The molecule has 7 nitrogen and oxygen atoms in total. The molecular weight excluding hydrogens is 368 g/mol. The van der Waals surface area contributed by atoms with E-state index in [9.17, 15) is 9.59 Å². The van der Waals surface area contributed by atoms with Gasteiger partial charge in [-0.05, 0) is 42.6 Å². The normalized spacial score (nSPS) is 11.8. The van der Waals surface area contributed by atoms with Crippen LogP contribution in [0.25, 0.3) is 10.7 Å². The summed E-state index contributed by atoms with van der Waals surface area (Å²) in [5.41, 5.74) is 0.452. The lowest BCUT2D eigenvalue weighted by molar-refractivity contribution is -0.146. The Morgan fingerprint density at radius 3 is 2.67 bits per heavy atom. The van der Waals surface area contributed by atoms with Gasteiger partial charge in [-0.3, -0.25) is 9.59 Å². The summed E-state index contributed by atoms with van der Waals surface area (Å²) in [7, 11) is 1.55. The molecule has 2 aromatic heterocycles. The number of benzene rings is 1. The van der Waals surface area contributed by atoms with Crippen LogP contribution in [-0.2, 0) is 16.0 Å². The third kappa shape index (κ3) is 4.79. The topological polar surface area (TPSA) is 91.5 Å². The van der Waals surface area contributed by atoms with Crippen LogP contribution in [0.1, 0.15) is 29.6 Å². The maximum Gasteiger partial charge on any atom is 0.307 e. The van der Waals surface area contributed by atoms with Gasteiger partial charge in [0.1, 0.15) is 5.75 Å². The summed E-state index contributed by atoms with van der Waals surface area (Å²) in [6.07, 6.45) is -0.581. The summed E-state index contributed by atoms with van der Waals surface area (Å²) in [5, 5.41) is 5.81. The van der Waals surface area contributed by atoms with Crippen molar-refractivity contribution in [3.05, 3.63) is 53.2 Å². The summed E-state index contributed by atoms with van der Waals surface area (Å²) in [6, 6.07) is 10.4. The van der Waals surface area contributed by atoms with Crippen LogP contribution >= 0.6 is 11.3 Å². The predicted octanol–water partition coefficient (Wildman–Crippen LogP) is 3.55. The largest absolute Gasteiger partial charge is 0.497 e. The van der Waals surface area contributed by atoms with Crippen LogP contribution in [0.2, 0.25) is 0 Å². The van der Waals surface area contributed by atoms with Gasteiger partial charge in [0.2, 0.25) is 17.5 Å². The number of aryl methyl sites for hydroxylation is 1. The molecule has 0 spiro atoms. The Labute approximate surface area is 159 Å². The van der Waals surface area contributed by atoms with Crippen LogP contribution in [0.15, 0.2) is 46.3 Å². The summed E-state index contributed by atoms with van der Waals surface area (Å²) in [5.74, 6) is 0.725. The van der Waals surface area contributed by atoms with Crippen LogP contribution in [0.5, 0.6) is 5.75 Å². The fourth-order valence-corrected chi connectivity index (χ4v) is 3.02. The first-order chi connectivity index (χ1) is 13.1. The van der Waals surface area contributed by atoms with Gasteiger partial charge in [0, 0.05) is 12.0 Å². The van der Waals surface area contributed by atoms with Crippen LogP contribution < -0.4 is 4.74 Å². The van der Waals surface area contributed by atoms with Crippen LogP contribution in [-0.4, -0.2) is 35.1 Å². The Morgan fingerprint density at radius 1 is 1.22 bits per heavy atom. The smallest absolute Gasteiger partial charge is 0.307 e. The highest BCUT2D eigenvalue weighted by Gasteiger charge is 2.20. The highest BCUT2D eigenvalue weighted by Crippen LogP contribution is 2.21. The van der Waals surface area contributed by atoms with E-state index in [1.807, 2.05) is 17.5 Å². The minimum Gasteiger partial charge on any atom is -0.497 e. The Kier molecular flexibility index (Phi) is 5.97. The number of hydrogen-bond acceptors (Lipinski definition) is 8. The van der Waals surface area contributed by atoms with Crippen molar-refractivity contribution in [2.24, 2.45) is 0 Å². The molecule has 0 fully saturated rings. The molecule has 0 amide bonds. The van der Waals surface area contributed by atoms with E-state index in [1.54, 1.807) is 38.3 Å². The average molecular weight is 386 g/mol. The van der Waals surface area contributed by atoms with Crippen molar-refractivity contribution < 1.29 is 23.6 Å². The molecule has 0 saturated carbocycles. The lowest BCUT2D eigenvalue weighted by Crippen LogP contribution is -2.24. The zero-order chi connectivity index (χ0) is 19.2. The third-order valence-electron chi connectivity index (χ3n) is 3.80. The van der Waals surface area contributed by atoms with E-state index < -0.39 is 12.1 Å². The number of hydrogen-bond donors (Lipinski definition) is 0. The molecule has 0 radical (unpaired) electrons. The minimum absolute atomic E-state index is 0.0479. The van der Waals surface area contributed by atoms with Gasteiger partial charge in [0.25, 0.3) is 0 Å². The highest BCUT2D eigenvalue weighted by molar-refractivity contribution is 7.13. The number of esters is 1. The molecule has 0 bridgehead atoms. The molecule has 0 unspecified atom stereocenters. The van der Waals surface area contributed by atoms with Gasteiger partial charge >= 0.3 is 5.97 Å². The number of aromatic nitrogens is 2. The Morgan fingerprint density at radius 2 is 2.00 bits per heavy atom. The van der Waals surface area contributed by atoms with E-state index in [1.165, 1.54) is 11.3 Å². The zero-order valence-corrected chi connectivity index (χ0v) is 15.7. The molecule has 3 rings (SSSR count). The second-order valence-electron chi connectivity index (χ2n) is 5.71. The molecule has 8 heteroatoms. The van der Waals surface area contributed by atoms with Crippen molar-refractivity contribution in [1.29, 1.82) is 0 Å². The molecule has 3 aromatic rings. The van der Waals surface area contributed by atoms with Gasteiger partial charge < -0.3 is 14.0 Å². The van der Waals surface area contributed by atoms with E-state index in [0.29, 0.717) is 23.0 Å². The number of carbonyl (C=O) groups is 2. The SMILES string of the molecule is COc1ccc(C(=O)[C@H](C)OC(=O)CCc2nc(-c3cccs3)no2)cc1. The summed E-state index contributed by atoms with van der Waals surface area (Å²) >= 11 is 1.50. The molecule has 1 aromatic carbocycles. The number of carbonyl (C=O) groups excluding carboxylic acids is 2. The van der Waals surface area contributed by atoms with Crippen LogP contribution in [0.4, 0.5) is 0 Å². The lowest BCUT2D eigenvalue weighted by atomic mass is 10.1. The number of methoxy groups -OCH3 is 1. The second-order valence-corrected chi connectivity index (χ2v) is 6.66. The van der Waals surface area contributed by atoms with E-state index in [4.69, 9.17) is 14.0 Å². The second kappa shape index (κ2) is 8.59. The van der Waals surface area contributed by atoms with Gasteiger partial charge in [-0.2, -0.15) is 4.98 Å². The molecule has 0 aliphatic carbocycles.